The minimum Gasteiger partial charge on any atom is -0.368 e. The van der Waals surface area contributed by atoms with Crippen LogP contribution in [0.2, 0.25) is 0 Å². The summed E-state index contributed by atoms with van der Waals surface area (Å²) >= 11 is 0. The zero-order valence-electron chi connectivity index (χ0n) is 8.56. The molecular formula is C9H15N5. The Hall–Kier alpha value is -1.39. The second-order valence-corrected chi connectivity index (χ2v) is 4.48. The molecule has 2 rings (SSSR count). The lowest BCUT2D eigenvalue weighted by molar-refractivity contribution is 0.418. The minimum absolute atomic E-state index is 0.291. The average Bonchev–Trinajstić information content (AvgIpc) is 2.46. The fraction of sp³-hybridized carbons (Fsp3) is 0.667. The molecule has 0 unspecified atom stereocenters. The van der Waals surface area contributed by atoms with Gasteiger partial charge in [0.05, 0.1) is 0 Å². The van der Waals surface area contributed by atoms with Crippen molar-refractivity contribution in [2.45, 2.75) is 20.3 Å². The molecule has 14 heavy (non-hydrogen) atoms. The zero-order chi connectivity index (χ0) is 10.2. The van der Waals surface area contributed by atoms with E-state index in [9.17, 15) is 0 Å². The topological polar surface area (TPSA) is 67.9 Å². The predicted octanol–water partition coefficient (Wildman–Crippen LogP) is 0.690. The van der Waals surface area contributed by atoms with E-state index in [1.165, 1.54) is 12.7 Å². The van der Waals surface area contributed by atoms with Crippen LogP contribution in [0.15, 0.2) is 6.33 Å². The molecule has 2 heterocycles. The number of nitrogens with two attached hydrogens (primary N) is 1. The van der Waals surface area contributed by atoms with Crippen LogP contribution in [0.25, 0.3) is 0 Å². The van der Waals surface area contributed by atoms with Crippen LogP contribution >= 0.6 is 0 Å². The van der Waals surface area contributed by atoms with Crippen LogP contribution in [0.4, 0.5) is 11.9 Å². The SMILES string of the molecule is CC1(C)CCN(c2ncnc(N)n2)C1. The van der Waals surface area contributed by atoms with Gasteiger partial charge in [0, 0.05) is 13.1 Å². The molecule has 1 aromatic rings. The third kappa shape index (κ3) is 1.76. The third-order valence-corrected chi connectivity index (χ3v) is 2.54. The Balaban J connectivity index is 2.17. The molecule has 0 saturated carbocycles. The molecule has 0 bridgehead atoms. The first-order valence-corrected chi connectivity index (χ1v) is 4.76. The van der Waals surface area contributed by atoms with Gasteiger partial charge in [0.15, 0.2) is 0 Å². The van der Waals surface area contributed by atoms with E-state index < -0.39 is 0 Å². The fourth-order valence-electron chi connectivity index (χ4n) is 1.74. The summed E-state index contributed by atoms with van der Waals surface area (Å²) in [6, 6.07) is 0. The number of aromatic nitrogens is 3. The third-order valence-electron chi connectivity index (χ3n) is 2.54. The van der Waals surface area contributed by atoms with Gasteiger partial charge >= 0.3 is 0 Å². The van der Waals surface area contributed by atoms with Gasteiger partial charge in [-0.25, -0.2) is 9.97 Å². The van der Waals surface area contributed by atoms with Crippen LogP contribution in [-0.2, 0) is 0 Å². The highest BCUT2D eigenvalue weighted by atomic mass is 15.3. The van der Waals surface area contributed by atoms with Crippen molar-refractivity contribution in [1.29, 1.82) is 0 Å². The van der Waals surface area contributed by atoms with E-state index in [1.54, 1.807) is 0 Å². The molecule has 0 amide bonds. The van der Waals surface area contributed by atoms with Crippen molar-refractivity contribution < 1.29 is 0 Å². The minimum atomic E-state index is 0.291. The Morgan fingerprint density at radius 2 is 2.21 bits per heavy atom. The second-order valence-electron chi connectivity index (χ2n) is 4.48. The zero-order valence-corrected chi connectivity index (χ0v) is 8.56. The summed E-state index contributed by atoms with van der Waals surface area (Å²) in [7, 11) is 0. The predicted molar refractivity (Wildman–Crippen MR) is 54.9 cm³/mol. The number of hydrogen-bond acceptors (Lipinski definition) is 5. The summed E-state index contributed by atoms with van der Waals surface area (Å²) in [4.78, 5) is 14.1. The molecule has 0 aliphatic carbocycles. The second kappa shape index (κ2) is 3.08. The molecule has 76 valence electrons. The summed E-state index contributed by atoms with van der Waals surface area (Å²) in [6.07, 6.45) is 2.63. The van der Waals surface area contributed by atoms with E-state index in [4.69, 9.17) is 5.73 Å². The van der Waals surface area contributed by atoms with Crippen LogP contribution in [0.3, 0.4) is 0 Å². The summed E-state index contributed by atoms with van der Waals surface area (Å²) < 4.78 is 0. The van der Waals surface area contributed by atoms with E-state index in [-0.39, 0.29) is 0 Å². The van der Waals surface area contributed by atoms with Crippen molar-refractivity contribution in [2.75, 3.05) is 23.7 Å². The number of anilines is 2. The van der Waals surface area contributed by atoms with Crippen LogP contribution in [0.5, 0.6) is 0 Å². The van der Waals surface area contributed by atoms with Crippen LogP contribution < -0.4 is 10.6 Å². The Morgan fingerprint density at radius 1 is 1.43 bits per heavy atom. The molecule has 5 heteroatoms. The first-order chi connectivity index (χ1) is 6.57. The molecule has 0 aromatic carbocycles. The van der Waals surface area contributed by atoms with Crippen LogP contribution in [0, 0.1) is 5.41 Å². The lowest BCUT2D eigenvalue weighted by Gasteiger charge is -2.19. The summed E-state index contributed by atoms with van der Waals surface area (Å²) in [5.41, 5.74) is 5.85. The molecule has 1 fully saturated rings. The summed E-state index contributed by atoms with van der Waals surface area (Å²) in [6.45, 7) is 6.47. The van der Waals surface area contributed by atoms with Gasteiger partial charge in [0.25, 0.3) is 0 Å². The van der Waals surface area contributed by atoms with Gasteiger partial charge in [-0.2, -0.15) is 4.98 Å². The van der Waals surface area contributed by atoms with E-state index in [0.717, 1.165) is 13.1 Å². The van der Waals surface area contributed by atoms with Crippen LogP contribution in [-0.4, -0.2) is 28.0 Å². The first kappa shape index (κ1) is 9.18. The Kier molecular flexibility index (Phi) is 2.02. The first-order valence-electron chi connectivity index (χ1n) is 4.76. The van der Waals surface area contributed by atoms with Gasteiger partial charge in [-0.05, 0) is 11.8 Å². The highest BCUT2D eigenvalue weighted by Gasteiger charge is 2.30. The van der Waals surface area contributed by atoms with Crippen molar-refractivity contribution in [3.8, 4) is 0 Å². The van der Waals surface area contributed by atoms with Crippen molar-refractivity contribution in [3.63, 3.8) is 0 Å². The van der Waals surface area contributed by atoms with Gasteiger partial charge in [-0.3, -0.25) is 0 Å². The number of nitrogens with zero attached hydrogens (tertiary/aromatic N) is 4. The monoisotopic (exact) mass is 193 g/mol. The molecule has 0 atom stereocenters. The van der Waals surface area contributed by atoms with Crippen molar-refractivity contribution in [3.05, 3.63) is 6.33 Å². The summed E-state index contributed by atoms with van der Waals surface area (Å²) in [5, 5.41) is 0. The lowest BCUT2D eigenvalue weighted by Crippen LogP contribution is -2.25. The Bertz CT molecular complexity index is 336. The number of hydrogen-bond donors (Lipinski definition) is 1. The Labute approximate surface area is 83.4 Å². The van der Waals surface area contributed by atoms with E-state index >= 15 is 0 Å². The molecule has 0 spiro atoms. The lowest BCUT2D eigenvalue weighted by atomic mass is 9.93. The largest absolute Gasteiger partial charge is 0.368 e. The molecule has 5 nitrogen and oxygen atoms in total. The highest BCUT2D eigenvalue weighted by molar-refractivity contribution is 5.35. The van der Waals surface area contributed by atoms with Crippen molar-refractivity contribution in [1.82, 2.24) is 15.0 Å². The van der Waals surface area contributed by atoms with E-state index in [0.29, 0.717) is 17.3 Å². The normalized spacial score (nSPS) is 20.0. The van der Waals surface area contributed by atoms with Crippen molar-refractivity contribution >= 4 is 11.9 Å². The van der Waals surface area contributed by atoms with E-state index in [1.807, 2.05) is 0 Å². The number of nitrogen functional groups attached to an aromatic ring is 1. The smallest absolute Gasteiger partial charge is 0.230 e. The van der Waals surface area contributed by atoms with Gasteiger partial charge in [-0.1, -0.05) is 13.8 Å². The van der Waals surface area contributed by atoms with Gasteiger partial charge in [-0.15, -0.1) is 0 Å². The molecule has 1 saturated heterocycles. The maximum absolute atomic E-state index is 5.50. The van der Waals surface area contributed by atoms with Crippen molar-refractivity contribution in [2.24, 2.45) is 5.41 Å². The van der Waals surface area contributed by atoms with Gasteiger partial charge in [0.1, 0.15) is 6.33 Å². The standard InChI is InChI=1S/C9H15N5/c1-9(2)3-4-14(5-9)8-12-6-11-7(10)13-8/h6H,3-5H2,1-2H3,(H2,10,11,12,13). The molecule has 1 aliphatic rings. The molecule has 1 aromatic heterocycles. The van der Waals surface area contributed by atoms with Crippen LogP contribution in [0.1, 0.15) is 20.3 Å². The van der Waals surface area contributed by atoms with E-state index in [2.05, 4.69) is 33.7 Å². The number of rotatable bonds is 1. The maximum Gasteiger partial charge on any atom is 0.230 e. The Morgan fingerprint density at radius 3 is 2.79 bits per heavy atom. The summed E-state index contributed by atoms with van der Waals surface area (Å²) in [5.74, 6) is 0.989. The quantitative estimate of drug-likeness (QED) is 0.710. The molecular weight excluding hydrogens is 178 g/mol. The van der Waals surface area contributed by atoms with Gasteiger partial charge < -0.3 is 10.6 Å². The molecule has 2 N–H and O–H groups in total. The maximum atomic E-state index is 5.50. The fourth-order valence-corrected chi connectivity index (χ4v) is 1.74. The van der Waals surface area contributed by atoms with Gasteiger partial charge in [0.2, 0.25) is 11.9 Å². The molecule has 1 aliphatic heterocycles. The average molecular weight is 193 g/mol. The molecule has 0 radical (unpaired) electrons. The highest BCUT2D eigenvalue weighted by Crippen LogP contribution is 2.30.